The molecule has 2 aromatic heterocycles. The number of alkyl halides is 3. The number of aromatic nitrogens is 4. The smallest absolute Gasteiger partial charge is 0.460 e. The molecule has 0 fully saturated rings. The largest absolute Gasteiger partial charge is 0.467 e. The zero-order chi connectivity index (χ0) is 13.3. The molecule has 0 aliphatic heterocycles. The molecule has 96 valence electrons. The average molecular weight is 262 g/mol. The molecular weight excluding hydrogens is 257 g/mol. The molecule has 0 saturated carbocycles. The van der Waals surface area contributed by atoms with Crippen LogP contribution in [0.1, 0.15) is 5.69 Å². The molecule has 0 aliphatic carbocycles. The van der Waals surface area contributed by atoms with Crippen LogP contribution in [0.3, 0.4) is 0 Å². The van der Waals surface area contributed by atoms with E-state index in [-0.39, 0.29) is 11.5 Å². The molecule has 1 N–H and O–H groups in total. The molecule has 0 atom stereocenters. The first kappa shape index (κ1) is 12.1. The zero-order valence-electron chi connectivity index (χ0n) is 8.78. The van der Waals surface area contributed by atoms with Gasteiger partial charge >= 0.3 is 17.9 Å². The minimum absolute atomic E-state index is 0.244. The van der Waals surface area contributed by atoms with Crippen LogP contribution in [-0.2, 0) is 6.18 Å². The van der Waals surface area contributed by atoms with Crippen LogP contribution < -0.4 is 10.5 Å². The van der Waals surface area contributed by atoms with E-state index in [9.17, 15) is 18.0 Å². The molecule has 2 rings (SSSR count). The van der Waals surface area contributed by atoms with E-state index in [1.165, 1.54) is 0 Å². The molecule has 0 aliphatic rings. The lowest BCUT2D eigenvalue weighted by Gasteiger charge is -2.07. The highest BCUT2D eigenvalue weighted by Crippen LogP contribution is 2.30. The molecule has 18 heavy (non-hydrogen) atoms. The Balaban J connectivity index is 2.57. The third-order valence-corrected chi connectivity index (χ3v) is 1.86. The van der Waals surface area contributed by atoms with Crippen LogP contribution in [0.2, 0.25) is 0 Å². The molecular formula is C8H5F3N4O3. The third-order valence-electron chi connectivity index (χ3n) is 1.86. The van der Waals surface area contributed by atoms with Gasteiger partial charge in [-0.2, -0.15) is 33.3 Å². The van der Waals surface area contributed by atoms with Crippen LogP contribution in [0.15, 0.2) is 15.4 Å². The summed E-state index contributed by atoms with van der Waals surface area (Å²) in [4.78, 5) is 20.8. The summed E-state index contributed by atoms with van der Waals surface area (Å²) in [6, 6.07) is 0.125. The predicted octanol–water partition coefficient (Wildman–Crippen LogP) is 0.847. The maximum Gasteiger partial charge on any atom is 0.460 e. The van der Waals surface area contributed by atoms with Crippen LogP contribution in [0.5, 0.6) is 6.01 Å². The maximum atomic E-state index is 12.5. The summed E-state index contributed by atoms with van der Waals surface area (Å²) >= 11 is 0. The number of nitrogens with zero attached hydrogens (tertiary/aromatic N) is 3. The fraction of sp³-hybridized carbons (Fsp3) is 0.250. The molecule has 0 spiro atoms. The van der Waals surface area contributed by atoms with Gasteiger partial charge < -0.3 is 9.26 Å². The normalized spacial score (nSPS) is 11.6. The number of hydrogen-bond acceptors (Lipinski definition) is 6. The van der Waals surface area contributed by atoms with Crippen molar-refractivity contribution in [2.75, 3.05) is 7.11 Å². The average Bonchev–Trinajstić information content (AvgIpc) is 2.74. The van der Waals surface area contributed by atoms with Crippen molar-refractivity contribution < 1.29 is 22.4 Å². The molecule has 0 unspecified atom stereocenters. The molecule has 0 bridgehead atoms. The number of methoxy groups -OCH3 is 1. The minimum Gasteiger partial charge on any atom is -0.467 e. The second-order valence-electron chi connectivity index (χ2n) is 3.05. The van der Waals surface area contributed by atoms with Gasteiger partial charge in [-0.15, -0.1) is 0 Å². The Morgan fingerprint density at radius 2 is 2.06 bits per heavy atom. The van der Waals surface area contributed by atoms with E-state index in [4.69, 9.17) is 0 Å². The van der Waals surface area contributed by atoms with Gasteiger partial charge in [0, 0.05) is 0 Å². The van der Waals surface area contributed by atoms with E-state index in [0.29, 0.717) is 6.07 Å². The highest BCUT2D eigenvalue weighted by atomic mass is 19.4. The summed E-state index contributed by atoms with van der Waals surface area (Å²) in [5.41, 5.74) is -1.48. The second-order valence-corrected chi connectivity index (χ2v) is 3.05. The van der Waals surface area contributed by atoms with Crippen LogP contribution in [0, 0.1) is 0 Å². The number of halogens is 3. The van der Waals surface area contributed by atoms with Gasteiger partial charge in [-0.05, 0) is 6.07 Å². The molecule has 0 aromatic carbocycles. The fourth-order valence-electron chi connectivity index (χ4n) is 1.12. The third kappa shape index (κ3) is 2.31. The number of nitrogens with one attached hydrogen (secondary N) is 1. The summed E-state index contributed by atoms with van der Waals surface area (Å²) < 4.78 is 46.4. The Labute approximate surface area is 96.6 Å². The lowest BCUT2D eigenvalue weighted by molar-refractivity contribution is -0.141. The van der Waals surface area contributed by atoms with E-state index in [2.05, 4.69) is 24.2 Å². The Bertz CT molecular complexity index is 619. The van der Waals surface area contributed by atoms with E-state index in [1.807, 2.05) is 5.16 Å². The van der Waals surface area contributed by atoms with Gasteiger partial charge in [-0.1, -0.05) is 0 Å². The number of ether oxygens (including phenoxy) is 1. The Kier molecular flexibility index (Phi) is 2.77. The SMILES string of the molecule is COc1nc(-c2nc(=O)o[nH]2)cc(C(F)(F)F)n1. The summed E-state index contributed by atoms with van der Waals surface area (Å²) in [5, 5.41) is 2.04. The van der Waals surface area contributed by atoms with Gasteiger partial charge in [0.2, 0.25) is 0 Å². The topological polar surface area (TPSA) is 93.9 Å². The van der Waals surface area contributed by atoms with Crippen molar-refractivity contribution in [2.24, 2.45) is 0 Å². The minimum atomic E-state index is -4.67. The summed E-state index contributed by atoms with van der Waals surface area (Å²) in [7, 11) is 1.12. The molecule has 2 aromatic rings. The highest BCUT2D eigenvalue weighted by Gasteiger charge is 2.34. The molecule has 0 radical (unpaired) electrons. The van der Waals surface area contributed by atoms with Crippen molar-refractivity contribution in [2.45, 2.75) is 6.18 Å². The van der Waals surface area contributed by atoms with Gasteiger partial charge in [-0.3, -0.25) is 0 Å². The van der Waals surface area contributed by atoms with Crippen LogP contribution in [0.4, 0.5) is 13.2 Å². The molecule has 10 heteroatoms. The highest BCUT2D eigenvalue weighted by molar-refractivity contribution is 5.49. The van der Waals surface area contributed by atoms with Crippen LogP contribution in [-0.4, -0.2) is 27.2 Å². The van der Waals surface area contributed by atoms with Crippen molar-refractivity contribution in [3.05, 3.63) is 22.3 Å². The first-order valence-electron chi connectivity index (χ1n) is 4.46. The number of aromatic amines is 1. The quantitative estimate of drug-likeness (QED) is 0.862. The maximum absolute atomic E-state index is 12.5. The summed E-state index contributed by atoms with van der Waals surface area (Å²) in [6.45, 7) is 0. The number of H-pyrrole nitrogens is 1. The first-order valence-corrected chi connectivity index (χ1v) is 4.46. The number of hydrogen-bond donors (Lipinski definition) is 1. The molecule has 0 saturated heterocycles. The molecule has 0 amide bonds. The van der Waals surface area contributed by atoms with Crippen molar-refractivity contribution in [1.82, 2.24) is 20.1 Å². The van der Waals surface area contributed by atoms with Crippen molar-refractivity contribution in [1.29, 1.82) is 0 Å². The van der Waals surface area contributed by atoms with E-state index in [1.54, 1.807) is 0 Å². The summed E-state index contributed by atoms with van der Waals surface area (Å²) in [5.74, 6) is -1.22. The van der Waals surface area contributed by atoms with Gasteiger partial charge in [0.05, 0.1) is 7.11 Å². The van der Waals surface area contributed by atoms with E-state index >= 15 is 0 Å². The van der Waals surface area contributed by atoms with E-state index in [0.717, 1.165) is 7.11 Å². The van der Waals surface area contributed by atoms with Crippen molar-refractivity contribution in [3.63, 3.8) is 0 Å². The lowest BCUT2D eigenvalue weighted by atomic mass is 10.3. The predicted molar refractivity (Wildman–Crippen MR) is 49.7 cm³/mol. The lowest BCUT2D eigenvalue weighted by Crippen LogP contribution is -2.10. The van der Waals surface area contributed by atoms with Gasteiger partial charge in [0.1, 0.15) is 5.69 Å². The van der Waals surface area contributed by atoms with Gasteiger partial charge in [0.25, 0.3) is 0 Å². The van der Waals surface area contributed by atoms with Crippen LogP contribution in [0.25, 0.3) is 11.5 Å². The fourth-order valence-corrected chi connectivity index (χ4v) is 1.12. The van der Waals surface area contributed by atoms with Crippen molar-refractivity contribution in [3.8, 4) is 17.5 Å². The van der Waals surface area contributed by atoms with Gasteiger partial charge in [-0.25, -0.2) is 4.79 Å². The Morgan fingerprint density at radius 3 is 2.56 bits per heavy atom. The standard InChI is InChI=1S/C8H5F3N4O3/c1-17-6-12-3(5-14-7(16)18-15-5)2-4(13-6)8(9,10)11/h2H,1H3,(H,14,15,16). The van der Waals surface area contributed by atoms with E-state index < -0.39 is 23.6 Å². The first-order chi connectivity index (χ1) is 8.40. The zero-order valence-corrected chi connectivity index (χ0v) is 8.78. The Morgan fingerprint density at radius 1 is 1.33 bits per heavy atom. The monoisotopic (exact) mass is 262 g/mol. The Hall–Kier alpha value is -2.39. The van der Waals surface area contributed by atoms with Crippen LogP contribution >= 0.6 is 0 Å². The van der Waals surface area contributed by atoms with Crippen molar-refractivity contribution >= 4 is 0 Å². The molecule has 2 heterocycles. The second kappa shape index (κ2) is 4.13. The summed E-state index contributed by atoms with van der Waals surface area (Å²) in [6.07, 6.45) is -4.67. The number of rotatable bonds is 2. The molecule has 7 nitrogen and oxygen atoms in total. The van der Waals surface area contributed by atoms with Gasteiger partial charge in [0.15, 0.2) is 11.5 Å².